The lowest BCUT2D eigenvalue weighted by Gasteiger charge is -2.16. The molecule has 0 aliphatic heterocycles. The van der Waals surface area contributed by atoms with Crippen molar-refractivity contribution in [3.05, 3.63) is 86.7 Å². The van der Waals surface area contributed by atoms with Gasteiger partial charge in [0.2, 0.25) is 5.88 Å². The SMILES string of the molecule is CCCCCCCOc1ccc(C(=O)c2c(C)c(C#N)c(=O)n(CCc3ccc(OC)cc3)c2O)cc1. The van der Waals surface area contributed by atoms with Crippen molar-refractivity contribution in [3.63, 3.8) is 0 Å². The molecule has 1 aromatic heterocycles. The molecule has 0 fully saturated rings. The lowest BCUT2D eigenvalue weighted by molar-refractivity contribution is 0.103. The highest BCUT2D eigenvalue weighted by atomic mass is 16.5. The second-order valence-corrected chi connectivity index (χ2v) is 8.98. The molecule has 0 saturated carbocycles. The number of aromatic hydroxyl groups is 1. The zero-order valence-electron chi connectivity index (χ0n) is 21.8. The Hall–Kier alpha value is -4.05. The van der Waals surface area contributed by atoms with Gasteiger partial charge in [0, 0.05) is 12.1 Å². The first-order chi connectivity index (χ1) is 17.9. The zero-order valence-corrected chi connectivity index (χ0v) is 21.8. The van der Waals surface area contributed by atoms with Crippen LogP contribution in [-0.2, 0) is 13.0 Å². The summed E-state index contributed by atoms with van der Waals surface area (Å²) in [5.74, 6) is 0.473. The molecule has 2 aromatic carbocycles. The van der Waals surface area contributed by atoms with E-state index >= 15 is 0 Å². The Balaban J connectivity index is 1.80. The Bertz CT molecular complexity index is 1300. The summed E-state index contributed by atoms with van der Waals surface area (Å²) in [7, 11) is 1.58. The summed E-state index contributed by atoms with van der Waals surface area (Å²) in [4.78, 5) is 26.3. The Morgan fingerprint density at radius 2 is 1.65 bits per heavy atom. The second-order valence-electron chi connectivity index (χ2n) is 8.98. The minimum absolute atomic E-state index is 0.0459. The van der Waals surface area contributed by atoms with Gasteiger partial charge in [0.05, 0.1) is 19.3 Å². The molecule has 0 saturated heterocycles. The van der Waals surface area contributed by atoms with Crippen LogP contribution < -0.4 is 15.0 Å². The summed E-state index contributed by atoms with van der Waals surface area (Å²) in [6, 6.07) is 15.9. The molecule has 1 N–H and O–H groups in total. The maximum absolute atomic E-state index is 13.4. The third-order valence-electron chi connectivity index (χ3n) is 6.44. The molecule has 37 heavy (non-hydrogen) atoms. The predicted octanol–water partition coefficient (Wildman–Crippen LogP) is 5.57. The molecule has 7 nitrogen and oxygen atoms in total. The number of hydrogen-bond donors (Lipinski definition) is 1. The molecule has 194 valence electrons. The van der Waals surface area contributed by atoms with Gasteiger partial charge in [-0.1, -0.05) is 44.7 Å². The normalized spacial score (nSPS) is 10.6. The van der Waals surface area contributed by atoms with Crippen LogP contribution in [0.5, 0.6) is 17.4 Å². The number of carbonyl (C=O) groups is 1. The smallest absolute Gasteiger partial charge is 0.271 e. The van der Waals surface area contributed by atoms with Crippen molar-refractivity contribution in [2.24, 2.45) is 0 Å². The Morgan fingerprint density at radius 3 is 2.27 bits per heavy atom. The van der Waals surface area contributed by atoms with E-state index in [1.54, 1.807) is 31.4 Å². The summed E-state index contributed by atoms with van der Waals surface area (Å²) in [6.07, 6.45) is 6.14. The van der Waals surface area contributed by atoms with E-state index in [0.717, 1.165) is 23.0 Å². The van der Waals surface area contributed by atoms with E-state index in [9.17, 15) is 20.0 Å². The number of ketones is 1. The van der Waals surface area contributed by atoms with Gasteiger partial charge in [0.1, 0.15) is 23.1 Å². The van der Waals surface area contributed by atoms with Crippen LogP contribution in [0.4, 0.5) is 0 Å². The molecule has 3 rings (SSSR count). The topological polar surface area (TPSA) is 102 Å². The van der Waals surface area contributed by atoms with E-state index < -0.39 is 17.2 Å². The van der Waals surface area contributed by atoms with Crippen molar-refractivity contribution >= 4 is 5.78 Å². The fourth-order valence-corrected chi connectivity index (χ4v) is 4.21. The summed E-state index contributed by atoms with van der Waals surface area (Å²) in [5.41, 5.74) is 0.598. The number of aryl methyl sites for hydroxylation is 1. The lowest BCUT2D eigenvalue weighted by Crippen LogP contribution is -2.27. The average molecular weight is 503 g/mol. The first kappa shape index (κ1) is 27.5. The summed E-state index contributed by atoms with van der Waals surface area (Å²) in [5, 5.41) is 20.6. The largest absolute Gasteiger partial charge is 0.497 e. The number of methoxy groups -OCH3 is 1. The van der Waals surface area contributed by atoms with Gasteiger partial charge < -0.3 is 14.6 Å². The van der Waals surface area contributed by atoms with Gasteiger partial charge in [-0.2, -0.15) is 5.26 Å². The molecule has 0 bridgehead atoms. The highest BCUT2D eigenvalue weighted by Crippen LogP contribution is 2.26. The number of nitriles is 1. The Labute approximate surface area is 217 Å². The van der Waals surface area contributed by atoms with Gasteiger partial charge in [0.15, 0.2) is 5.78 Å². The van der Waals surface area contributed by atoms with Crippen LogP contribution in [-0.4, -0.2) is 29.2 Å². The van der Waals surface area contributed by atoms with Crippen molar-refractivity contribution in [2.75, 3.05) is 13.7 Å². The molecular weight excluding hydrogens is 468 g/mol. The third kappa shape index (κ3) is 6.79. The van der Waals surface area contributed by atoms with Gasteiger partial charge in [-0.15, -0.1) is 0 Å². The molecule has 0 spiro atoms. The fourth-order valence-electron chi connectivity index (χ4n) is 4.21. The third-order valence-corrected chi connectivity index (χ3v) is 6.44. The summed E-state index contributed by atoms with van der Waals surface area (Å²) < 4.78 is 12.0. The number of benzene rings is 2. The van der Waals surface area contributed by atoms with Crippen LogP contribution in [0.25, 0.3) is 0 Å². The van der Waals surface area contributed by atoms with Crippen LogP contribution in [0, 0.1) is 18.3 Å². The lowest BCUT2D eigenvalue weighted by atomic mass is 9.97. The molecule has 7 heteroatoms. The highest BCUT2D eigenvalue weighted by Gasteiger charge is 2.25. The van der Waals surface area contributed by atoms with E-state index in [1.807, 2.05) is 30.3 Å². The molecule has 0 amide bonds. The number of aromatic nitrogens is 1. The van der Waals surface area contributed by atoms with Gasteiger partial charge in [-0.25, -0.2) is 0 Å². The monoisotopic (exact) mass is 502 g/mol. The zero-order chi connectivity index (χ0) is 26.8. The quantitative estimate of drug-likeness (QED) is 0.242. The predicted molar refractivity (Wildman–Crippen MR) is 143 cm³/mol. The number of unbranched alkanes of at least 4 members (excludes halogenated alkanes) is 4. The van der Waals surface area contributed by atoms with Gasteiger partial charge >= 0.3 is 0 Å². The fraction of sp³-hybridized carbons (Fsp3) is 0.367. The number of pyridine rings is 1. The summed E-state index contributed by atoms with van der Waals surface area (Å²) in [6.45, 7) is 4.41. The van der Waals surface area contributed by atoms with Crippen LogP contribution >= 0.6 is 0 Å². The summed E-state index contributed by atoms with van der Waals surface area (Å²) >= 11 is 0. The molecular formula is C30H34N2O5. The number of hydrogen-bond acceptors (Lipinski definition) is 6. The van der Waals surface area contributed by atoms with E-state index in [4.69, 9.17) is 9.47 Å². The average Bonchev–Trinajstić information content (AvgIpc) is 2.91. The van der Waals surface area contributed by atoms with Crippen molar-refractivity contribution in [3.8, 4) is 23.4 Å². The van der Waals surface area contributed by atoms with Crippen molar-refractivity contribution in [1.82, 2.24) is 4.57 Å². The maximum atomic E-state index is 13.4. The molecule has 0 atom stereocenters. The van der Waals surface area contributed by atoms with Crippen molar-refractivity contribution in [2.45, 2.75) is 58.9 Å². The number of carbonyl (C=O) groups excluding carboxylic acids is 1. The highest BCUT2D eigenvalue weighted by molar-refractivity contribution is 6.11. The molecule has 1 heterocycles. The first-order valence-corrected chi connectivity index (χ1v) is 12.7. The maximum Gasteiger partial charge on any atom is 0.271 e. The minimum atomic E-state index is -0.620. The van der Waals surface area contributed by atoms with Gasteiger partial charge in [-0.3, -0.25) is 14.2 Å². The van der Waals surface area contributed by atoms with Crippen LogP contribution in [0.3, 0.4) is 0 Å². The molecule has 3 aromatic rings. The number of nitrogens with zero attached hydrogens (tertiary/aromatic N) is 2. The van der Waals surface area contributed by atoms with Crippen LogP contribution in [0.15, 0.2) is 53.3 Å². The van der Waals surface area contributed by atoms with E-state index in [2.05, 4.69) is 6.92 Å². The van der Waals surface area contributed by atoms with Gasteiger partial charge in [-0.05, 0) is 67.3 Å². The first-order valence-electron chi connectivity index (χ1n) is 12.7. The Kier molecular flexibility index (Phi) is 9.91. The molecule has 0 aliphatic carbocycles. The second kappa shape index (κ2) is 13.3. The van der Waals surface area contributed by atoms with E-state index in [0.29, 0.717) is 30.1 Å². The van der Waals surface area contributed by atoms with Crippen molar-refractivity contribution < 1.29 is 19.4 Å². The molecule has 0 radical (unpaired) electrons. The van der Waals surface area contributed by atoms with Crippen molar-refractivity contribution in [1.29, 1.82) is 5.26 Å². The molecule has 0 aliphatic rings. The van der Waals surface area contributed by atoms with Crippen LogP contribution in [0.2, 0.25) is 0 Å². The van der Waals surface area contributed by atoms with E-state index in [-0.39, 0.29) is 23.2 Å². The van der Waals surface area contributed by atoms with Gasteiger partial charge in [0.25, 0.3) is 5.56 Å². The standard InChI is InChI=1S/C30H34N2O5/c1-4-5-6-7-8-19-37-25-15-11-23(12-16-25)28(33)27-21(2)26(20-31)29(34)32(30(27)35)18-17-22-9-13-24(36-3)14-10-22/h9-16,35H,4-8,17-19H2,1-3H3. The molecule has 0 unspecified atom stereocenters. The number of ether oxygens (including phenoxy) is 2. The van der Waals surface area contributed by atoms with E-state index in [1.165, 1.54) is 26.2 Å². The minimum Gasteiger partial charge on any atom is -0.497 e. The van der Waals surface area contributed by atoms with Crippen LogP contribution in [0.1, 0.15) is 71.6 Å². The number of rotatable bonds is 13. The Morgan fingerprint density at radius 1 is 1.00 bits per heavy atom.